The molecule has 146 valence electrons. The second-order valence-electron chi connectivity index (χ2n) is 6.71. The molecule has 1 heterocycles. The topological polar surface area (TPSA) is 66.8 Å². The molecule has 0 aliphatic carbocycles. The van der Waals surface area contributed by atoms with E-state index in [9.17, 15) is 14.7 Å². The van der Waals surface area contributed by atoms with Gasteiger partial charge in [0, 0.05) is 12.1 Å². The van der Waals surface area contributed by atoms with Gasteiger partial charge in [-0.05, 0) is 31.0 Å². The van der Waals surface area contributed by atoms with E-state index in [-0.39, 0.29) is 11.3 Å². The minimum Gasteiger partial charge on any atom is -0.507 e. The molecule has 1 N–H and O–H groups in total. The van der Waals surface area contributed by atoms with Crippen LogP contribution in [0.5, 0.6) is 5.75 Å². The molecule has 1 amide bonds. The minimum absolute atomic E-state index is 0.136. The number of carbonyl (C=O) groups is 2. The molecule has 0 bridgehead atoms. The van der Waals surface area contributed by atoms with E-state index < -0.39 is 17.7 Å². The van der Waals surface area contributed by atoms with Crippen molar-refractivity contribution in [2.75, 3.05) is 13.2 Å². The van der Waals surface area contributed by atoms with Gasteiger partial charge < -0.3 is 14.7 Å². The highest BCUT2D eigenvalue weighted by Crippen LogP contribution is 2.39. The molecular formula is C23H25NO4. The second kappa shape index (κ2) is 8.74. The van der Waals surface area contributed by atoms with Crippen LogP contribution >= 0.6 is 0 Å². The molecule has 3 rings (SSSR count). The third-order valence-electron chi connectivity index (χ3n) is 4.85. The van der Waals surface area contributed by atoms with Crippen molar-refractivity contribution in [3.8, 4) is 5.75 Å². The Kier molecular flexibility index (Phi) is 6.14. The van der Waals surface area contributed by atoms with Gasteiger partial charge >= 0.3 is 0 Å². The summed E-state index contributed by atoms with van der Waals surface area (Å²) in [5.74, 6) is -0.627. The highest BCUT2D eigenvalue weighted by Gasteiger charge is 2.45. The summed E-state index contributed by atoms with van der Waals surface area (Å²) in [5, 5.41) is 10.9. The molecule has 0 radical (unpaired) electrons. The first-order valence-electron chi connectivity index (χ1n) is 9.65. The van der Waals surface area contributed by atoms with Crippen LogP contribution in [-0.4, -0.2) is 34.8 Å². The number of Topliss-reactive ketones (excluding diaryl/α,β-unsaturated/α-hetero) is 1. The predicted octanol–water partition coefficient (Wildman–Crippen LogP) is 4.31. The van der Waals surface area contributed by atoms with Crippen molar-refractivity contribution >= 4 is 17.4 Å². The fraction of sp³-hybridized carbons (Fsp3) is 0.304. The first-order chi connectivity index (χ1) is 13.6. The number of benzene rings is 2. The van der Waals surface area contributed by atoms with Crippen molar-refractivity contribution in [3.05, 3.63) is 71.3 Å². The lowest BCUT2D eigenvalue weighted by molar-refractivity contribution is -0.139. The first-order valence-corrected chi connectivity index (χ1v) is 9.65. The Bertz CT molecular complexity index is 871. The summed E-state index contributed by atoms with van der Waals surface area (Å²) >= 11 is 0. The van der Waals surface area contributed by atoms with E-state index in [1.54, 1.807) is 29.2 Å². The van der Waals surface area contributed by atoms with Crippen LogP contribution in [-0.2, 0) is 9.59 Å². The third kappa shape index (κ3) is 3.79. The standard InChI is InChI=1S/C23H25NO4/c1-3-5-15-24-20(16-11-13-18(14-12-16)28-4-2)19(22(26)23(24)27)21(25)17-9-7-6-8-10-17/h6-14,20,25H,3-5,15H2,1-2H3/b21-19-. The lowest BCUT2D eigenvalue weighted by Crippen LogP contribution is -2.30. The normalized spacial score (nSPS) is 18.5. The third-order valence-corrected chi connectivity index (χ3v) is 4.85. The minimum atomic E-state index is -0.642. The highest BCUT2D eigenvalue weighted by molar-refractivity contribution is 6.46. The van der Waals surface area contributed by atoms with Gasteiger partial charge in [0.25, 0.3) is 11.7 Å². The number of ether oxygens (including phenoxy) is 1. The number of amides is 1. The SMILES string of the molecule is CCCCN1C(=O)C(=O)/C(=C(\O)c2ccccc2)C1c1ccc(OCC)cc1. The number of ketones is 1. The van der Waals surface area contributed by atoms with Gasteiger partial charge in [-0.3, -0.25) is 9.59 Å². The maximum absolute atomic E-state index is 12.8. The average Bonchev–Trinajstić information content (AvgIpc) is 2.98. The number of carbonyl (C=O) groups excluding carboxylic acids is 2. The molecule has 1 unspecified atom stereocenters. The van der Waals surface area contributed by atoms with Crippen LogP contribution in [0, 0.1) is 0 Å². The maximum Gasteiger partial charge on any atom is 0.295 e. The van der Waals surface area contributed by atoms with Crippen LogP contribution in [0.2, 0.25) is 0 Å². The molecule has 0 saturated carbocycles. The number of aliphatic hydroxyl groups excluding tert-OH is 1. The number of hydrogen-bond acceptors (Lipinski definition) is 4. The highest BCUT2D eigenvalue weighted by atomic mass is 16.5. The molecule has 1 saturated heterocycles. The van der Waals surface area contributed by atoms with Crippen LogP contribution in [0.25, 0.3) is 5.76 Å². The number of nitrogens with zero attached hydrogens (tertiary/aromatic N) is 1. The smallest absolute Gasteiger partial charge is 0.295 e. The van der Waals surface area contributed by atoms with Crippen molar-refractivity contribution < 1.29 is 19.4 Å². The summed E-state index contributed by atoms with van der Waals surface area (Å²) in [6.07, 6.45) is 1.68. The molecular weight excluding hydrogens is 354 g/mol. The van der Waals surface area contributed by atoms with Crippen LogP contribution < -0.4 is 4.74 Å². The van der Waals surface area contributed by atoms with Crippen molar-refractivity contribution in [3.63, 3.8) is 0 Å². The molecule has 1 atom stereocenters. The van der Waals surface area contributed by atoms with Gasteiger partial charge in [0.05, 0.1) is 18.2 Å². The Morgan fingerprint density at radius 1 is 1.04 bits per heavy atom. The van der Waals surface area contributed by atoms with Crippen molar-refractivity contribution in [2.24, 2.45) is 0 Å². The fourth-order valence-electron chi connectivity index (χ4n) is 3.45. The summed E-state index contributed by atoms with van der Waals surface area (Å²) in [5.41, 5.74) is 1.43. The number of rotatable bonds is 7. The molecule has 2 aromatic carbocycles. The molecule has 0 aromatic heterocycles. The zero-order valence-corrected chi connectivity index (χ0v) is 16.2. The first kappa shape index (κ1) is 19.7. The van der Waals surface area contributed by atoms with Gasteiger partial charge in [0.2, 0.25) is 0 Å². The van der Waals surface area contributed by atoms with Crippen LogP contribution in [0.4, 0.5) is 0 Å². The second-order valence-corrected chi connectivity index (χ2v) is 6.71. The van der Waals surface area contributed by atoms with Crippen molar-refractivity contribution in [1.82, 2.24) is 4.90 Å². The van der Waals surface area contributed by atoms with Crippen molar-refractivity contribution in [2.45, 2.75) is 32.7 Å². The van der Waals surface area contributed by atoms with E-state index in [0.717, 1.165) is 24.2 Å². The Morgan fingerprint density at radius 2 is 1.71 bits per heavy atom. The Morgan fingerprint density at radius 3 is 2.32 bits per heavy atom. The van der Waals surface area contributed by atoms with Crippen LogP contribution in [0.1, 0.15) is 43.9 Å². The Balaban J connectivity index is 2.10. The summed E-state index contributed by atoms with van der Waals surface area (Å²) in [6, 6.07) is 15.6. The molecule has 5 heteroatoms. The quantitative estimate of drug-likeness (QED) is 0.442. The van der Waals surface area contributed by atoms with E-state index in [0.29, 0.717) is 18.7 Å². The number of likely N-dealkylation sites (tertiary alicyclic amines) is 1. The largest absolute Gasteiger partial charge is 0.507 e. The molecule has 0 spiro atoms. The predicted molar refractivity (Wildman–Crippen MR) is 108 cm³/mol. The molecule has 1 aliphatic rings. The Hall–Kier alpha value is -3.08. The van der Waals surface area contributed by atoms with Gasteiger partial charge in [-0.2, -0.15) is 0 Å². The van der Waals surface area contributed by atoms with Gasteiger partial charge in [0.15, 0.2) is 0 Å². The summed E-state index contributed by atoms with van der Waals surface area (Å²) < 4.78 is 5.49. The van der Waals surface area contributed by atoms with Crippen LogP contribution in [0.3, 0.4) is 0 Å². The molecule has 2 aromatic rings. The zero-order valence-electron chi connectivity index (χ0n) is 16.2. The van der Waals surface area contributed by atoms with E-state index in [4.69, 9.17) is 4.74 Å². The fourth-order valence-corrected chi connectivity index (χ4v) is 3.45. The van der Waals surface area contributed by atoms with Gasteiger partial charge in [-0.15, -0.1) is 0 Å². The maximum atomic E-state index is 12.8. The van der Waals surface area contributed by atoms with Gasteiger partial charge in [-0.25, -0.2) is 0 Å². The van der Waals surface area contributed by atoms with Gasteiger partial charge in [-0.1, -0.05) is 55.8 Å². The van der Waals surface area contributed by atoms with E-state index >= 15 is 0 Å². The molecule has 28 heavy (non-hydrogen) atoms. The summed E-state index contributed by atoms with van der Waals surface area (Å²) in [6.45, 7) is 4.97. The number of aliphatic hydroxyl groups is 1. The van der Waals surface area contributed by atoms with Crippen LogP contribution in [0.15, 0.2) is 60.2 Å². The van der Waals surface area contributed by atoms with Gasteiger partial charge in [0.1, 0.15) is 11.5 Å². The lowest BCUT2D eigenvalue weighted by Gasteiger charge is -2.25. The molecule has 1 aliphatic heterocycles. The monoisotopic (exact) mass is 379 g/mol. The summed E-state index contributed by atoms with van der Waals surface area (Å²) in [4.78, 5) is 27.1. The average molecular weight is 379 g/mol. The zero-order chi connectivity index (χ0) is 20.1. The summed E-state index contributed by atoms with van der Waals surface area (Å²) in [7, 11) is 0. The number of hydrogen-bond donors (Lipinski definition) is 1. The molecule has 5 nitrogen and oxygen atoms in total. The van der Waals surface area contributed by atoms with Crippen molar-refractivity contribution in [1.29, 1.82) is 0 Å². The van der Waals surface area contributed by atoms with E-state index in [1.807, 2.05) is 44.2 Å². The lowest BCUT2D eigenvalue weighted by atomic mass is 9.95. The van der Waals surface area contributed by atoms with E-state index in [2.05, 4.69) is 0 Å². The number of unbranched alkanes of at least 4 members (excludes halogenated alkanes) is 1. The Labute approximate surface area is 165 Å². The molecule has 1 fully saturated rings. The van der Waals surface area contributed by atoms with E-state index in [1.165, 1.54) is 0 Å².